The molecule has 0 aliphatic heterocycles. The maximum atomic E-state index is 13.5. The van der Waals surface area contributed by atoms with Gasteiger partial charge in [-0.2, -0.15) is 0 Å². The molecule has 1 rings (SSSR count). The minimum absolute atomic E-state index is 0.193. The Morgan fingerprint density at radius 2 is 1.61 bits per heavy atom. The number of anilines is 2. The van der Waals surface area contributed by atoms with Crippen molar-refractivity contribution < 1.29 is 24.1 Å². The molecule has 0 fully saturated rings. The molecule has 0 unspecified atom stereocenters. The topological polar surface area (TPSA) is 97.6 Å². The van der Waals surface area contributed by atoms with E-state index in [9.17, 15) is 8.78 Å². The van der Waals surface area contributed by atoms with Gasteiger partial charge in [-0.25, -0.2) is 13.8 Å². The summed E-state index contributed by atoms with van der Waals surface area (Å²) in [6.45, 7) is -1.94. The number of halogens is 2. The number of hydrogen-bond acceptors (Lipinski definition) is 6. The number of aliphatic hydroxyl groups excluding tert-OH is 3. The van der Waals surface area contributed by atoms with Crippen LogP contribution in [0.3, 0.4) is 0 Å². The van der Waals surface area contributed by atoms with Crippen LogP contribution in [0.15, 0.2) is 6.07 Å². The molecule has 5 N–H and O–H groups in total. The van der Waals surface area contributed by atoms with Gasteiger partial charge >= 0.3 is 0 Å². The van der Waals surface area contributed by atoms with Crippen LogP contribution in [0.5, 0.6) is 0 Å². The SMILES string of the molecule is CNc1nc(NC(CO)(CO)CO)c(F)cc1F. The quantitative estimate of drug-likeness (QED) is 0.476. The van der Waals surface area contributed by atoms with E-state index in [-0.39, 0.29) is 11.6 Å². The van der Waals surface area contributed by atoms with Gasteiger partial charge in [-0.1, -0.05) is 0 Å². The molecule has 0 amide bonds. The Labute approximate surface area is 102 Å². The molecular weight excluding hydrogens is 248 g/mol. The highest BCUT2D eigenvalue weighted by atomic mass is 19.1. The first-order valence-corrected chi connectivity index (χ1v) is 5.16. The molecule has 0 saturated carbocycles. The normalized spacial score (nSPS) is 11.4. The summed E-state index contributed by atoms with van der Waals surface area (Å²) in [5, 5.41) is 32.1. The van der Waals surface area contributed by atoms with Crippen molar-refractivity contribution >= 4 is 11.6 Å². The lowest BCUT2D eigenvalue weighted by molar-refractivity contribution is 0.0828. The Bertz CT molecular complexity index is 405. The summed E-state index contributed by atoms with van der Waals surface area (Å²) in [5.74, 6) is -2.44. The predicted octanol–water partition coefficient (Wildman–Crippen LogP) is -0.471. The van der Waals surface area contributed by atoms with Gasteiger partial charge in [0.1, 0.15) is 5.54 Å². The standard InChI is InChI=1S/C10H15F2N3O3/c1-13-8-6(11)2-7(12)9(14-8)15-10(3-16,4-17)5-18/h2,16-18H,3-5H2,1H3,(H2,13,14,15). The second kappa shape index (κ2) is 5.89. The second-order valence-electron chi connectivity index (χ2n) is 3.78. The fraction of sp³-hybridized carbons (Fsp3) is 0.500. The van der Waals surface area contributed by atoms with E-state index < -0.39 is 37.0 Å². The lowest BCUT2D eigenvalue weighted by Crippen LogP contribution is -2.49. The highest BCUT2D eigenvalue weighted by molar-refractivity contribution is 5.48. The third kappa shape index (κ3) is 2.84. The van der Waals surface area contributed by atoms with E-state index >= 15 is 0 Å². The Balaban J connectivity index is 3.10. The van der Waals surface area contributed by atoms with Gasteiger partial charge in [0.05, 0.1) is 19.8 Å². The Hall–Kier alpha value is -1.51. The molecule has 0 bridgehead atoms. The first-order chi connectivity index (χ1) is 8.51. The largest absolute Gasteiger partial charge is 0.394 e. The molecule has 0 spiro atoms. The first-order valence-electron chi connectivity index (χ1n) is 5.16. The van der Waals surface area contributed by atoms with Crippen molar-refractivity contribution in [2.75, 3.05) is 37.5 Å². The van der Waals surface area contributed by atoms with Crippen LogP contribution in [0.2, 0.25) is 0 Å². The van der Waals surface area contributed by atoms with E-state index in [1.165, 1.54) is 7.05 Å². The fourth-order valence-corrected chi connectivity index (χ4v) is 1.25. The number of rotatable bonds is 6. The minimum atomic E-state index is -1.53. The molecule has 1 aromatic rings. The van der Waals surface area contributed by atoms with Gasteiger partial charge < -0.3 is 26.0 Å². The average molecular weight is 263 g/mol. The third-order valence-corrected chi connectivity index (χ3v) is 2.46. The van der Waals surface area contributed by atoms with Crippen molar-refractivity contribution in [2.24, 2.45) is 0 Å². The van der Waals surface area contributed by atoms with E-state index in [0.29, 0.717) is 6.07 Å². The van der Waals surface area contributed by atoms with Gasteiger partial charge in [0.25, 0.3) is 0 Å². The molecule has 18 heavy (non-hydrogen) atoms. The van der Waals surface area contributed by atoms with Crippen LogP contribution in [0.4, 0.5) is 20.4 Å². The molecule has 0 aliphatic rings. The molecule has 1 aromatic heterocycles. The van der Waals surface area contributed by atoms with Crippen molar-refractivity contribution in [3.05, 3.63) is 17.7 Å². The molecule has 0 aliphatic carbocycles. The number of aromatic nitrogens is 1. The predicted molar refractivity (Wildman–Crippen MR) is 61.3 cm³/mol. The number of nitrogens with one attached hydrogen (secondary N) is 2. The van der Waals surface area contributed by atoms with Crippen molar-refractivity contribution in [3.63, 3.8) is 0 Å². The molecule has 0 aromatic carbocycles. The minimum Gasteiger partial charge on any atom is -0.394 e. The fourth-order valence-electron chi connectivity index (χ4n) is 1.25. The second-order valence-corrected chi connectivity index (χ2v) is 3.78. The van der Waals surface area contributed by atoms with Crippen molar-refractivity contribution in [1.29, 1.82) is 0 Å². The highest BCUT2D eigenvalue weighted by Crippen LogP contribution is 2.21. The summed E-state index contributed by atoms with van der Waals surface area (Å²) in [6.07, 6.45) is 0. The average Bonchev–Trinajstić information content (AvgIpc) is 2.38. The molecule has 1 heterocycles. The van der Waals surface area contributed by atoms with Crippen LogP contribution in [0.25, 0.3) is 0 Å². The van der Waals surface area contributed by atoms with Gasteiger partial charge in [0.2, 0.25) is 0 Å². The van der Waals surface area contributed by atoms with Crippen LogP contribution in [-0.4, -0.2) is 52.7 Å². The molecule has 0 radical (unpaired) electrons. The van der Waals surface area contributed by atoms with Gasteiger partial charge in [0.15, 0.2) is 23.3 Å². The van der Waals surface area contributed by atoms with Crippen molar-refractivity contribution in [2.45, 2.75) is 5.54 Å². The van der Waals surface area contributed by atoms with Crippen LogP contribution < -0.4 is 10.6 Å². The van der Waals surface area contributed by atoms with E-state index in [4.69, 9.17) is 15.3 Å². The Morgan fingerprint density at radius 1 is 1.11 bits per heavy atom. The van der Waals surface area contributed by atoms with Gasteiger partial charge in [-0.3, -0.25) is 0 Å². The van der Waals surface area contributed by atoms with E-state index in [1.807, 2.05) is 0 Å². The zero-order valence-electron chi connectivity index (χ0n) is 9.74. The molecule has 6 nitrogen and oxygen atoms in total. The summed E-state index contributed by atoms with van der Waals surface area (Å²) < 4.78 is 26.6. The highest BCUT2D eigenvalue weighted by Gasteiger charge is 2.29. The van der Waals surface area contributed by atoms with E-state index in [2.05, 4.69) is 15.6 Å². The zero-order chi connectivity index (χ0) is 13.8. The van der Waals surface area contributed by atoms with Crippen LogP contribution >= 0.6 is 0 Å². The third-order valence-electron chi connectivity index (χ3n) is 2.46. The van der Waals surface area contributed by atoms with Crippen molar-refractivity contribution in [1.82, 2.24) is 4.98 Å². The summed E-state index contributed by atoms with van der Waals surface area (Å²) in [4.78, 5) is 3.61. The summed E-state index contributed by atoms with van der Waals surface area (Å²) in [5.41, 5.74) is -1.53. The van der Waals surface area contributed by atoms with Gasteiger partial charge in [0, 0.05) is 13.1 Å². The monoisotopic (exact) mass is 263 g/mol. The number of aliphatic hydroxyl groups is 3. The summed E-state index contributed by atoms with van der Waals surface area (Å²) in [7, 11) is 1.41. The Morgan fingerprint density at radius 3 is 2.06 bits per heavy atom. The van der Waals surface area contributed by atoms with Crippen LogP contribution in [0, 0.1) is 11.6 Å². The lowest BCUT2D eigenvalue weighted by atomic mass is 10.0. The van der Waals surface area contributed by atoms with Gasteiger partial charge in [-0.05, 0) is 0 Å². The Kier molecular flexibility index (Phi) is 4.76. The van der Waals surface area contributed by atoms with E-state index in [0.717, 1.165) is 0 Å². The molecule has 102 valence electrons. The molecular formula is C10H15F2N3O3. The molecule has 8 heteroatoms. The molecule has 0 saturated heterocycles. The van der Waals surface area contributed by atoms with Crippen molar-refractivity contribution in [3.8, 4) is 0 Å². The van der Waals surface area contributed by atoms with E-state index in [1.54, 1.807) is 0 Å². The number of hydrogen-bond donors (Lipinski definition) is 5. The van der Waals surface area contributed by atoms with Crippen LogP contribution in [-0.2, 0) is 0 Å². The zero-order valence-corrected chi connectivity index (χ0v) is 9.74. The van der Waals surface area contributed by atoms with Gasteiger partial charge in [-0.15, -0.1) is 0 Å². The number of pyridine rings is 1. The first kappa shape index (κ1) is 14.6. The maximum absolute atomic E-state index is 13.5. The van der Waals surface area contributed by atoms with Crippen LogP contribution in [0.1, 0.15) is 0 Å². The smallest absolute Gasteiger partial charge is 0.168 e. The molecule has 0 atom stereocenters. The summed E-state index contributed by atoms with van der Waals surface area (Å²) in [6, 6.07) is 0.609. The summed E-state index contributed by atoms with van der Waals surface area (Å²) >= 11 is 0. The number of nitrogens with zero attached hydrogens (tertiary/aromatic N) is 1. The lowest BCUT2D eigenvalue weighted by Gasteiger charge is -2.29. The maximum Gasteiger partial charge on any atom is 0.168 e.